The molecule has 6 nitrogen and oxygen atoms in total. The summed E-state index contributed by atoms with van der Waals surface area (Å²) in [6, 6.07) is 3.66. The van der Waals surface area contributed by atoms with E-state index in [4.69, 9.17) is 16.3 Å². The Morgan fingerprint density at radius 3 is 2.33 bits per heavy atom. The first-order valence-corrected chi connectivity index (χ1v) is 6.77. The van der Waals surface area contributed by atoms with Gasteiger partial charge in [-0.15, -0.1) is 0 Å². The van der Waals surface area contributed by atoms with Crippen LogP contribution in [-0.4, -0.2) is 14.7 Å². The van der Waals surface area contributed by atoms with E-state index in [1.165, 1.54) is 4.68 Å². The lowest BCUT2D eigenvalue weighted by molar-refractivity contribution is -0.386. The monoisotopic (exact) mass is 309 g/mol. The molecule has 0 atom stereocenters. The standard InChI is InChI=1S/C14H16ClN3O3/c1-8-5-12(6-9(2)13(8)15)21-7-17-11(4)14(18(19)20)10(3)16-17/h5-6H,7H2,1-4H3. The molecule has 0 N–H and O–H groups in total. The predicted molar refractivity (Wildman–Crippen MR) is 79.9 cm³/mol. The number of rotatable bonds is 4. The van der Waals surface area contributed by atoms with Gasteiger partial charge in [0.05, 0.1) is 4.92 Å². The molecule has 0 fully saturated rings. The maximum atomic E-state index is 11.0. The van der Waals surface area contributed by atoms with Gasteiger partial charge in [-0.3, -0.25) is 10.1 Å². The molecule has 0 aliphatic heterocycles. The summed E-state index contributed by atoms with van der Waals surface area (Å²) in [7, 11) is 0. The van der Waals surface area contributed by atoms with Gasteiger partial charge >= 0.3 is 5.69 Å². The number of hydrogen-bond acceptors (Lipinski definition) is 4. The molecule has 0 aliphatic rings. The van der Waals surface area contributed by atoms with E-state index >= 15 is 0 Å². The van der Waals surface area contributed by atoms with Crippen LogP contribution in [0.15, 0.2) is 12.1 Å². The van der Waals surface area contributed by atoms with E-state index in [9.17, 15) is 10.1 Å². The summed E-state index contributed by atoms with van der Waals surface area (Å²) < 4.78 is 7.14. The number of halogens is 1. The summed E-state index contributed by atoms with van der Waals surface area (Å²) in [5.74, 6) is 0.657. The van der Waals surface area contributed by atoms with E-state index in [1.54, 1.807) is 13.8 Å². The number of benzene rings is 1. The largest absolute Gasteiger partial charge is 0.471 e. The number of nitrogens with zero attached hydrogens (tertiary/aromatic N) is 3. The molecule has 0 aliphatic carbocycles. The van der Waals surface area contributed by atoms with E-state index in [0.29, 0.717) is 22.2 Å². The number of aromatic nitrogens is 2. The molecule has 112 valence electrons. The van der Waals surface area contributed by atoms with Gasteiger partial charge in [-0.05, 0) is 51.0 Å². The lowest BCUT2D eigenvalue weighted by atomic mass is 10.1. The van der Waals surface area contributed by atoms with Crippen LogP contribution in [0, 0.1) is 37.8 Å². The highest BCUT2D eigenvalue weighted by Gasteiger charge is 2.21. The van der Waals surface area contributed by atoms with Gasteiger partial charge in [-0.25, -0.2) is 4.68 Å². The highest BCUT2D eigenvalue weighted by molar-refractivity contribution is 6.32. The van der Waals surface area contributed by atoms with Crippen LogP contribution >= 0.6 is 11.6 Å². The first-order valence-electron chi connectivity index (χ1n) is 6.39. The van der Waals surface area contributed by atoms with Crippen molar-refractivity contribution in [1.29, 1.82) is 0 Å². The first kappa shape index (κ1) is 15.3. The second-order valence-electron chi connectivity index (χ2n) is 4.92. The third-order valence-corrected chi connectivity index (χ3v) is 3.89. The topological polar surface area (TPSA) is 70.2 Å². The van der Waals surface area contributed by atoms with Crippen LogP contribution in [-0.2, 0) is 6.73 Å². The van der Waals surface area contributed by atoms with Crippen molar-refractivity contribution in [1.82, 2.24) is 9.78 Å². The fourth-order valence-electron chi connectivity index (χ4n) is 2.20. The molecule has 7 heteroatoms. The first-order chi connectivity index (χ1) is 9.81. The van der Waals surface area contributed by atoms with Crippen molar-refractivity contribution in [3.63, 3.8) is 0 Å². The zero-order chi connectivity index (χ0) is 15.7. The molecule has 1 aromatic heterocycles. The van der Waals surface area contributed by atoms with Crippen LogP contribution < -0.4 is 4.74 Å². The molecule has 0 bridgehead atoms. The Hall–Kier alpha value is -2.08. The third kappa shape index (κ3) is 3.00. The van der Waals surface area contributed by atoms with E-state index < -0.39 is 4.92 Å². The molecule has 2 rings (SSSR count). The summed E-state index contributed by atoms with van der Waals surface area (Å²) in [6.07, 6.45) is 0. The van der Waals surface area contributed by atoms with E-state index in [2.05, 4.69) is 5.10 Å². The Balaban J connectivity index is 2.21. The molecular formula is C14H16ClN3O3. The van der Waals surface area contributed by atoms with Gasteiger partial charge < -0.3 is 4.74 Å². The lowest BCUT2D eigenvalue weighted by Gasteiger charge is -2.10. The minimum absolute atomic E-state index is 0.0297. The van der Waals surface area contributed by atoms with Crippen LogP contribution in [0.5, 0.6) is 5.75 Å². The molecule has 0 amide bonds. The molecule has 1 heterocycles. The number of ether oxygens (including phenoxy) is 1. The van der Waals surface area contributed by atoms with Crippen LogP contribution in [0.3, 0.4) is 0 Å². The highest BCUT2D eigenvalue weighted by atomic mass is 35.5. The number of nitro groups is 1. The molecule has 1 aromatic carbocycles. The summed E-state index contributed by atoms with van der Waals surface area (Å²) in [5, 5.41) is 15.8. The Morgan fingerprint density at radius 2 is 1.86 bits per heavy atom. The number of aryl methyl sites for hydroxylation is 3. The minimum Gasteiger partial charge on any atom is -0.471 e. The quantitative estimate of drug-likeness (QED) is 0.637. The zero-order valence-corrected chi connectivity index (χ0v) is 13.1. The molecule has 0 unspecified atom stereocenters. The third-order valence-electron chi connectivity index (χ3n) is 3.29. The second kappa shape index (κ2) is 5.73. The molecule has 0 radical (unpaired) electrons. The average molecular weight is 310 g/mol. The summed E-state index contributed by atoms with van der Waals surface area (Å²) in [4.78, 5) is 10.5. The predicted octanol–water partition coefficient (Wildman–Crippen LogP) is 3.71. The van der Waals surface area contributed by atoms with Gasteiger partial charge in [-0.2, -0.15) is 5.10 Å². The van der Waals surface area contributed by atoms with E-state index in [0.717, 1.165) is 11.1 Å². The molecule has 2 aromatic rings. The molecule has 0 saturated carbocycles. The van der Waals surface area contributed by atoms with Crippen molar-refractivity contribution in [2.75, 3.05) is 0 Å². The van der Waals surface area contributed by atoms with Crippen LogP contribution in [0.1, 0.15) is 22.5 Å². The van der Waals surface area contributed by atoms with Gasteiger partial charge in [0.25, 0.3) is 0 Å². The van der Waals surface area contributed by atoms with Crippen LogP contribution in [0.2, 0.25) is 5.02 Å². The number of hydrogen-bond donors (Lipinski definition) is 0. The lowest BCUT2D eigenvalue weighted by Crippen LogP contribution is -2.09. The van der Waals surface area contributed by atoms with E-state index in [1.807, 2.05) is 26.0 Å². The van der Waals surface area contributed by atoms with Gasteiger partial charge in [-0.1, -0.05) is 11.6 Å². The van der Waals surface area contributed by atoms with Gasteiger partial charge in [0, 0.05) is 5.02 Å². The Labute approximate surface area is 127 Å². The van der Waals surface area contributed by atoms with Crippen molar-refractivity contribution in [3.05, 3.63) is 49.8 Å². The maximum absolute atomic E-state index is 11.0. The van der Waals surface area contributed by atoms with Crippen molar-refractivity contribution < 1.29 is 9.66 Å². The maximum Gasteiger partial charge on any atom is 0.312 e. The molecular weight excluding hydrogens is 294 g/mol. The summed E-state index contributed by atoms with van der Waals surface area (Å²) in [6.45, 7) is 7.17. The fourth-order valence-corrected chi connectivity index (χ4v) is 2.31. The summed E-state index contributed by atoms with van der Waals surface area (Å²) >= 11 is 6.10. The van der Waals surface area contributed by atoms with Crippen molar-refractivity contribution in [2.24, 2.45) is 0 Å². The Kier molecular flexibility index (Phi) is 4.18. The smallest absolute Gasteiger partial charge is 0.312 e. The van der Waals surface area contributed by atoms with Crippen molar-refractivity contribution in [3.8, 4) is 5.75 Å². The SMILES string of the molecule is Cc1cc(OCn2nc(C)c([N+](=O)[O-])c2C)cc(C)c1Cl. The van der Waals surface area contributed by atoms with Crippen LogP contribution in [0.25, 0.3) is 0 Å². The van der Waals surface area contributed by atoms with Gasteiger partial charge in [0.1, 0.15) is 17.1 Å². The zero-order valence-electron chi connectivity index (χ0n) is 12.3. The molecule has 0 spiro atoms. The van der Waals surface area contributed by atoms with Crippen LogP contribution in [0.4, 0.5) is 5.69 Å². The molecule has 0 saturated heterocycles. The summed E-state index contributed by atoms with van der Waals surface area (Å²) in [5.41, 5.74) is 2.73. The highest BCUT2D eigenvalue weighted by Crippen LogP contribution is 2.27. The van der Waals surface area contributed by atoms with Crippen molar-refractivity contribution in [2.45, 2.75) is 34.4 Å². The Bertz CT molecular complexity index is 687. The van der Waals surface area contributed by atoms with Gasteiger partial charge in [0.15, 0.2) is 6.73 Å². The fraction of sp³-hybridized carbons (Fsp3) is 0.357. The minimum atomic E-state index is -0.426. The normalized spacial score (nSPS) is 10.7. The van der Waals surface area contributed by atoms with E-state index in [-0.39, 0.29) is 12.4 Å². The molecule has 21 heavy (non-hydrogen) atoms. The van der Waals surface area contributed by atoms with Crippen molar-refractivity contribution >= 4 is 17.3 Å². The average Bonchev–Trinajstić information content (AvgIpc) is 2.68. The Morgan fingerprint density at radius 1 is 1.29 bits per heavy atom. The van der Waals surface area contributed by atoms with Gasteiger partial charge in [0.2, 0.25) is 0 Å². The second-order valence-corrected chi connectivity index (χ2v) is 5.30.